The molecular formula is C16H17ClN2O2. The predicted octanol–water partition coefficient (Wildman–Crippen LogP) is 4.01. The van der Waals surface area contributed by atoms with Crippen LogP contribution in [0.25, 0.3) is 0 Å². The molecule has 1 aromatic carbocycles. The summed E-state index contributed by atoms with van der Waals surface area (Å²) < 4.78 is 5.31. The van der Waals surface area contributed by atoms with E-state index in [1.807, 2.05) is 19.1 Å². The summed E-state index contributed by atoms with van der Waals surface area (Å²) in [6.45, 7) is 4.05. The Bertz CT molecular complexity index is 694. The lowest BCUT2D eigenvalue weighted by molar-refractivity contribution is 0.101. The van der Waals surface area contributed by atoms with Crippen molar-refractivity contribution in [3.63, 3.8) is 0 Å². The first-order chi connectivity index (χ1) is 10.1. The van der Waals surface area contributed by atoms with Gasteiger partial charge in [0.05, 0.1) is 0 Å². The number of benzene rings is 1. The molecule has 0 unspecified atom stereocenters. The minimum atomic E-state index is -0.237. The Morgan fingerprint density at radius 3 is 3.10 bits per heavy atom. The average Bonchev–Trinajstić information content (AvgIpc) is 2.87. The molecule has 1 aliphatic carbocycles. The molecule has 1 aromatic heterocycles. The van der Waals surface area contributed by atoms with E-state index in [-0.39, 0.29) is 5.91 Å². The smallest absolute Gasteiger partial charge is 0.278 e. The van der Waals surface area contributed by atoms with Crippen molar-refractivity contribution in [3.8, 4) is 0 Å². The summed E-state index contributed by atoms with van der Waals surface area (Å²) in [7, 11) is 0. The highest BCUT2D eigenvalue weighted by Crippen LogP contribution is 2.29. The molecule has 110 valence electrons. The molecule has 4 nitrogen and oxygen atoms in total. The Hall–Kier alpha value is -1.81. The highest BCUT2D eigenvalue weighted by atomic mass is 35.5. The number of hydrogen-bond acceptors (Lipinski definition) is 3. The van der Waals surface area contributed by atoms with Crippen LogP contribution in [0.5, 0.6) is 0 Å². The SMILES string of the molecule is Cc1c(Cl)cccc1NC(=O)c1noc2c1C[C@H](C)CC2. The fourth-order valence-corrected chi connectivity index (χ4v) is 2.86. The predicted molar refractivity (Wildman–Crippen MR) is 81.8 cm³/mol. The molecule has 1 heterocycles. The third-order valence-electron chi connectivity index (χ3n) is 4.02. The number of anilines is 1. The summed E-state index contributed by atoms with van der Waals surface area (Å²) in [6, 6.07) is 5.44. The van der Waals surface area contributed by atoms with Crippen LogP contribution in [0.4, 0.5) is 5.69 Å². The molecule has 0 fully saturated rings. The van der Waals surface area contributed by atoms with Gasteiger partial charge in [0.2, 0.25) is 0 Å². The number of rotatable bonds is 2. The van der Waals surface area contributed by atoms with Crippen molar-refractivity contribution in [2.75, 3.05) is 5.32 Å². The molecule has 1 atom stereocenters. The van der Waals surface area contributed by atoms with Gasteiger partial charge in [-0.2, -0.15) is 0 Å². The zero-order valence-corrected chi connectivity index (χ0v) is 12.8. The first kappa shape index (κ1) is 14.1. The Kier molecular flexibility index (Phi) is 3.72. The van der Waals surface area contributed by atoms with Crippen molar-refractivity contribution in [2.45, 2.75) is 33.1 Å². The van der Waals surface area contributed by atoms with E-state index in [1.165, 1.54) is 0 Å². The lowest BCUT2D eigenvalue weighted by Crippen LogP contribution is -2.18. The average molecular weight is 305 g/mol. The first-order valence-electron chi connectivity index (χ1n) is 7.10. The largest absolute Gasteiger partial charge is 0.360 e. The Labute approximate surface area is 128 Å². The highest BCUT2D eigenvalue weighted by Gasteiger charge is 2.27. The van der Waals surface area contributed by atoms with Gasteiger partial charge in [-0.25, -0.2) is 0 Å². The second-order valence-corrected chi connectivity index (χ2v) is 6.05. The molecule has 0 radical (unpaired) electrons. The maximum Gasteiger partial charge on any atom is 0.278 e. The van der Waals surface area contributed by atoms with Crippen LogP contribution in [0.15, 0.2) is 22.7 Å². The topological polar surface area (TPSA) is 55.1 Å². The highest BCUT2D eigenvalue weighted by molar-refractivity contribution is 6.31. The van der Waals surface area contributed by atoms with Gasteiger partial charge in [0.25, 0.3) is 5.91 Å². The number of aromatic nitrogens is 1. The van der Waals surface area contributed by atoms with Crippen molar-refractivity contribution in [2.24, 2.45) is 5.92 Å². The van der Waals surface area contributed by atoms with E-state index in [1.54, 1.807) is 6.07 Å². The third kappa shape index (κ3) is 2.68. The molecule has 5 heteroatoms. The molecule has 21 heavy (non-hydrogen) atoms. The standard InChI is InChI=1S/C16H17ClN2O2/c1-9-6-7-14-11(8-9)15(19-21-14)16(20)18-13-5-3-4-12(17)10(13)2/h3-5,9H,6-8H2,1-2H3,(H,18,20)/t9-/m1/s1. The maximum absolute atomic E-state index is 12.4. The maximum atomic E-state index is 12.4. The minimum Gasteiger partial charge on any atom is -0.360 e. The van der Waals surface area contributed by atoms with Crippen LogP contribution in [0.1, 0.15) is 40.7 Å². The van der Waals surface area contributed by atoms with Gasteiger partial charge in [0, 0.05) is 22.7 Å². The summed E-state index contributed by atoms with van der Waals surface area (Å²) >= 11 is 6.07. The minimum absolute atomic E-state index is 0.237. The number of carbonyl (C=O) groups is 1. The lowest BCUT2D eigenvalue weighted by atomic mass is 9.88. The third-order valence-corrected chi connectivity index (χ3v) is 4.43. The molecule has 0 saturated heterocycles. The van der Waals surface area contributed by atoms with Gasteiger partial charge < -0.3 is 9.84 Å². The van der Waals surface area contributed by atoms with Crippen LogP contribution in [0.2, 0.25) is 5.02 Å². The zero-order valence-electron chi connectivity index (χ0n) is 12.1. The Morgan fingerprint density at radius 1 is 1.48 bits per heavy atom. The van der Waals surface area contributed by atoms with Crippen LogP contribution in [-0.4, -0.2) is 11.1 Å². The van der Waals surface area contributed by atoms with E-state index >= 15 is 0 Å². The van der Waals surface area contributed by atoms with E-state index in [4.69, 9.17) is 16.1 Å². The molecular weight excluding hydrogens is 288 g/mol. The molecule has 0 saturated carbocycles. The quantitative estimate of drug-likeness (QED) is 0.912. The normalized spacial score (nSPS) is 17.4. The van der Waals surface area contributed by atoms with Gasteiger partial charge in [-0.05, 0) is 43.4 Å². The molecule has 0 spiro atoms. The number of halogens is 1. The monoisotopic (exact) mass is 304 g/mol. The summed E-state index contributed by atoms with van der Waals surface area (Å²) in [6.07, 6.45) is 2.78. The number of hydrogen-bond donors (Lipinski definition) is 1. The van der Waals surface area contributed by atoms with Crippen molar-refractivity contribution < 1.29 is 9.32 Å². The summed E-state index contributed by atoms with van der Waals surface area (Å²) in [5, 5.41) is 7.46. The van der Waals surface area contributed by atoms with E-state index in [0.29, 0.717) is 22.3 Å². The van der Waals surface area contributed by atoms with Crippen LogP contribution >= 0.6 is 11.6 Å². The van der Waals surface area contributed by atoms with Crippen molar-refractivity contribution >= 4 is 23.2 Å². The number of nitrogens with one attached hydrogen (secondary N) is 1. The summed E-state index contributed by atoms with van der Waals surface area (Å²) in [5.41, 5.74) is 2.90. The second-order valence-electron chi connectivity index (χ2n) is 5.65. The first-order valence-corrected chi connectivity index (χ1v) is 7.48. The van der Waals surface area contributed by atoms with Gasteiger partial charge in [0.15, 0.2) is 5.69 Å². The number of nitrogens with zero attached hydrogens (tertiary/aromatic N) is 1. The fourth-order valence-electron chi connectivity index (χ4n) is 2.68. The molecule has 2 aromatic rings. The van der Waals surface area contributed by atoms with E-state index in [9.17, 15) is 4.79 Å². The number of fused-ring (bicyclic) bond motifs is 1. The number of carbonyl (C=O) groups excluding carboxylic acids is 1. The molecule has 1 amide bonds. The zero-order chi connectivity index (χ0) is 15.0. The van der Waals surface area contributed by atoms with Crippen molar-refractivity contribution in [1.29, 1.82) is 0 Å². The van der Waals surface area contributed by atoms with Gasteiger partial charge in [0.1, 0.15) is 5.76 Å². The van der Waals surface area contributed by atoms with Gasteiger partial charge in [-0.3, -0.25) is 4.79 Å². The summed E-state index contributed by atoms with van der Waals surface area (Å²) in [4.78, 5) is 12.4. The Balaban J connectivity index is 1.87. The lowest BCUT2D eigenvalue weighted by Gasteiger charge is -2.16. The van der Waals surface area contributed by atoms with Crippen LogP contribution in [0, 0.1) is 12.8 Å². The van der Waals surface area contributed by atoms with Gasteiger partial charge in [-0.1, -0.05) is 29.7 Å². The number of aryl methyl sites for hydroxylation is 1. The van der Waals surface area contributed by atoms with E-state index in [2.05, 4.69) is 17.4 Å². The van der Waals surface area contributed by atoms with E-state index in [0.717, 1.165) is 36.1 Å². The van der Waals surface area contributed by atoms with Crippen molar-refractivity contribution in [1.82, 2.24) is 5.16 Å². The molecule has 1 aliphatic rings. The summed E-state index contributed by atoms with van der Waals surface area (Å²) in [5.74, 6) is 1.16. The second kappa shape index (κ2) is 5.53. The fraction of sp³-hybridized carbons (Fsp3) is 0.375. The van der Waals surface area contributed by atoms with Gasteiger partial charge >= 0.3 is 0 Å². The molecule has 1 N–H and O–H groups in total. The van der Waals surface area contributed by atoms with Crippen LogP contribution in [-0.2, 0) is 12.8 Å². The van der Waals surface area contributed by atoms with Crippen LogP contribution < -0.4 is 5.32 Å². The van der Waals surface area contributed by atoms with E-state index < -0.39 is 0 Å². The van der Waals surface area contributed by atoms with Crippen molar-refractivity contribution in [3.05, 3.63) is 45.8 Å². The van der Waals surface area contributed by atoms with Crippen LogP contribution in [0.3, 0.4) is 0 Å². The van der Waals surface area contributed by atoms with Gasteiger partial charge in [-0.15, -0.1) is 0 Å². The number of amides is 1. The molecule has 3 rings (SSSR count). The molecule has 0 aliphatic heterocycles. The molecule has 0 bridgehead atoms. The Morgan fingerprint density at radius 2 is 2.29 bits per heavy atom.